The van der Waals surface area contributed by atoms with Crippen LogP contribution in [0.4, 0.5) is 8.78 Å². The normalized spacial score (nSPS) is 11.4. The summed E-state index contributed by atoms with van der Waals surface area (Å²) in [6.07, 6.45) is 2.52. The van der Waals surface area contributed by atoms with Gasteiger partial charge in [0.2, 0.25) is 0 Å². The summed E-state index contributed by atoms with van der Waals surface area (Å²) < 4.78 is 29.4. The molecule has 2 aromatic rings. The van der Waals surface area contributed by atoms with Gasteiger partial charge in [0.25, 0.3) is 0 Å². The molecule has 0 radical (unpaired) electrons. The molecule has 0 atom stereocenters. The van der Waals surface area contributed by atoms with Crippen LogP contribution >= 0.6 is 0 Å². The predicted octanol–water partition coefficient (Wildman–Crippen LogP) is 2.98. The van der Waals surface area contributed by atoms with Crippen molar-refractivity contribution in [3.05, 3.63) is 59.9 Å². The second-order valence-electron chi connectivity index (χ2n) is 5.18. The molecule has 1 aromatic carbocycles. The lowest BCUT2D eigenvalue weighted by molar-refractivity contribution is -0.0504. The summed E-state index contributed by atoms with van der Waals surface area (Å²) in [5.41, 5.74) is 1.59. The van der Waals surface area contributed by atoms with Gasteiger partial charge in [0, 0.05) is 37.0 Å². The number of pyridine rings is 1. The highest BCUT2D eigenvalue weighted by Gasteiger charge is 2.09. The molecule has 134 valence electrons. The first-order valence-electron chi connectivity index (χ1n) is 8.14. The summed E-state index contributed by atoms with van der Waals surface area (Å²) >= 11 is 0. The predicted molar refractivity (Wildman–Crippen MR) is 93.8 cm³/mol. The van der Waals surface area contributed by atoms with Crippen molar-refractivity contribution < 1.29 is 13.5 Å². The third kappa shape index (κ3) is 6.74. The van der Waals surface area contributed by atoms with E-state index in [1.165, 1.54) is 6.07 Å². The average molecular weight is 348 g/mol. The lowest BCUT2D eigenvalue weighted by Crippen LogP contribution is -2.38. The van der Waals surface area contributed by atoms with Crippen molar-refractivity contribution in [1.29, 1.82) is 0 Å². The van der Waals surface area contributed by atoms with Crippen LogP contribution < -0.4 is 15.4 Å². The van der Waals surface area contributed by atoms with Crippen LogP contribution in [0.25, 0.3) is 0 Å². The first-order valence-corrected chi connectivity index (χ1v) is 8.14. The minimum Gasteiger partial charge on any atom is -0.434 e. The van der Waals surface area contributed by atoms with Gasteiger partial charge in [-0.15, -0.1) is 0 Å². The molecule has 0 spiro atoms. The van der Waals surface area contributed by atoms with Crippen molar-refractivity contribution >= 4 is 5.96 Å². The van der Waals surface area contributed by atoms with Gasteiger partial charge in [-0.1, -0.05) is 24.3 Å². The summed E-state index contributed by atoms with van der Waals surface area (Å²) in [5.74, 6) is 0.760. The van der Waals surface area contributed by atoms with E-state index in [9.17, 15) is 8.78 Å². The monoisotopic (exact) mass is 348 g/mol. The van der Waals surface area contributed by atoms with E-state index in [2.05, 4.69) is 25.3 Å². The van der Waals surface area contributed by atoms with Gasteiger partial charge < -0.3 is 15.4 Å². The van der Waals surface area contributed by atoms with E-state index in [4.69, 9.17) is 0 Å². The van der Waals surface area contributed by atoms with E-state index < -0.39 is 6.61 Å². The van der Waals surface area contributed by atoms with Crippen molar-refractivity contribution in [3.8, 4) is 5.75 Å². The molecule has 1 aromatic heterocycles. The molecule has 0 saturated carbocycles. The van der Waals surface area contributed by atoms with Crippen LogP contribution in [0, 0.1) is 0 Å². The van der Waals surface area contributed by atoms with Gasteiger partial charge in [-0.2, -0.15) is 8.78 Å². The van der Waals surface area contributed by atoms with E-state index in [0.717, 1.165) is 12.1 Å². The molecule has 0 saturated heterocycles. The molecule has 0 amide bonds. The largest absolute Gasteiger partial charge is 0.434 e. The van der Waals surface area contributed by atoms with Gasteiger partial charge in [-0.3, -0.25) is 4.98 Å². The van der Waals surface area contributed by atoms with Gasteiger partial charge in [0.05, 0.1) is 6.54 Å². The standard InChI is InChI=1S/C18H22F2N4O/c1-2-21-18(23-12-10-15-8-5-6-11-22-15)24-13-14-7-3-4-9-16(14)25-17(19)20/h3-9,11,17H,2,10,12-13H2,1H3,(H2,21,23,24). The highest BCUT2D eigenvalue weighted by molar-refractivity contribution is 5.79. The van der Waals surface area contributed by atoms with Crippen molar-refractivity contribution in [3.63, 3.8) is 0 Å². The number of ether oxygens (including phenoxy) is 1. The van der Waals surface area contributed by atoms with E-state index in [0.29, 0.717) is 24.6 Å². The number of guanidine groups is 1. The summed E-state index contributed by atoms with van der Waals surface area (Å²) in [4.78, 5) is 8.70. The Balaban J connectivity index is 1.95. The van der Waals surface area contributed by atoms with Crippen molar-refractivity contribution in [2.24, 2.45) is 4.99 Å². The second kappa shape index (κ2) is 10.2. The number of para-hydroxylation sites is 1. The summed E-state index contributed by atoms with van der Waals surface area (Å²) in [7, 11) is 0. The van der Waals surface area contributed by atoms with Gasteiger partial charge in [-0.05, 0) is 25.1 Å². The van der Waals surface area contributed by atoms with Crippen LogP contribution in [-0.2, 0) is 13.0 Å². The average Bonchev–Trinajstić information content (AvgIpc) is 2.61. The number of hydrogen-bond acceptors (Lipinski definition) is 3. The molecule has 1 heterocycles. The van der Waals surface area contributed by atoms with Gasteiger partial charge in [0.15, 0.2) is 5.96 Å². The fraction of sp³-hybridized carbons (Fsp3) is 0.333. The van der Waals surface area contributed by atoms with Gasteiger partial charge in [-0.25, -0.2) is 4.99 Å². The van der Waals surface area contributed by atoms with E-state index in [1.807, 2.05) is 25.1 Å². The lowest BCUT2D eigenvalue weighted by atomic mass is 10.2. The Bertz CT molecular complexity index is 665. The summed E-state index contributed by atoms with van der Waals surface area (Å²) in [5, 5.41) is 6.34. The van der Waals surface area contributed by atoms with Crippen LogP contribution in [0.5, 0.6) is 5.75 Å². The molecule has 25 heavy (non-hydrogen) atoms. The zero-order valence-electron chi connectivity index (χ0n) is 14.1. The lowest BCUT2D eigenvalue weighted by Gasteiger charge is -2.12. The Kier molecular flexibility index (Phi) is 7.62. The maximum absolute atomic E-state index is 12.5. The highest BCUT2D eigenvalue weighted by atomic mass is 19.3. The Labute approximate surface area is 146 Å². The number of hydrogen-bond donors (Lipinski definition) is 2. The topological polar surface area (TPSA) is 58.5 Å². The van der Waals surface area contributed by atoms with E-state index >= 15 is 0 Å². The number of alkyl halides is 2. The summed E-state index contributed by atoms with van der Waals surface area (Å²) in [6.45, 7) is 0.712. The first-order chi connectivity index (χ1) is 12.2. The molecule has 0 aliphatic carbocycles. The van der Waals surface area contributed by atoms with Gasteiger partial charge in [0.1, 0.15) is 5.75 Å². The van der Waals surface area contributed by atoms with Crippen LogP contribution in [0.2, 0.25) is 0 Å². The Morgan fingerprint density at radius 3 is 2.68 bits per heavy atom. The molecule has 0 fully saturated rings. The number of rotatable bonds is 8. The number of halogens is 2. The number of aliphatic imine (C=N–C) groups is 1. The maximum Gasteiger partial charge on any atom is 0.387 e. The smallest absolute Gasteiger partial charge is 0.387 e. The SMILES string of the molecule is CCNC(=NCc1ccccc1OC(F)F)NCCc1ccccn1. The number of nitrogens with one attached hydrogen (secondary N) is 2. The molecule has 0 bridgehead atoms. The zero-order valence-corrected chi connectivity index (χ0v) is 14.1. The maximum atomic E-state index is 12.5. The molecule has 7 heteroatoms. The van der Waals surface area contributed by atoms with Crippen molar-refractivity contribution in [2.75, 3.05) is 13.1 Å². The molecule has 0 unspecified atom stereocenters. The number of nitrogens with zero attached hydrogens (tertiary/aromatic N) is 2. The third-order valence-corrected chi connectivity index (χ3v) is 3.34. The fourth-order valence-corrected chi connectivity index (χ4v) is 2.21. The summed E-state index contributed by atoms with van der Waals surface area (Å²) in [6, 6.07) is 12.4. The Hall–Kier alpha value is -2.70. The Morgan fingerprint density at radius 1 is 1.16 bits per heavy atom. The molecule has 5 nitrogen and oxygen atoms in total. The molecule has 0 aliphatic heterocycles. The third-order valence-electron chi connectivity index (χ3n) is 3.34. The van der Waals surface area contributed by atoms with E-state index in [-0.39, 0.29) is 12.3 Å². The molecule has 2 N–H and O–H groups in total. The van der Waals surface area contributed by atoms with Crippen molar-refractivity contribution in [2.45, 2.75) is 26.5 Å². The highest BCUT2D eigenvalue weighted by Crippen LogP contribution is 2.20. The first kappa shape index (κ1) is 18.6. The van der Waals surface area contributed by atoms with Crippen LogP contribution in [-0.4, -0.2) is 30.6 Å². The molecular formula is C18H22F2N4O. The fourth-order valence-electron chi connectivity index (χ4n) is 2.21. The van der Waals surface area contributed by atoms with E-state index in [1.54, 1.807) is 24.4 Å². The molecular weight excluding hydrogens is 326 g/mol. The van der Waals surface area contributed by atoms with Gasteiger partial charge >= 0.3 is 6.61 Å². The zero-order chi connectivity index (χ0) is 17.9. The number of benzene rings is 1. The van der Waals surface area contributed by atoms with Crippen molar-refractivity contribution in [1.82, 2.24) is 15.6 Å². The minimum absolute atomic E-state index is 0.144. The number of aromatic nitrogens is 1. The van der Waals surface area contributed by atoms with Crippen LogP contribution in [0.15, 0.2) is 53.7 Å². The minimum atomic E-state index is -2.85. The Morgan fingerprint density at radius 2 is 1.96 bits per heavy atom. The molecule has 2 rings (SSSR count). The van der Waals surface area contributed by atoms with Crippen LogP contribution in [0.1, 0.15) is 18.2 Å². The quantitative estimate of drug-likeness (QED) is 0.569. The second-order valence-corrected chi connectivity index (χ2v) is 5.18. The molecule has 0 aliphatic rings. The van der Waals surface area contributed by atoms with Crippen LogP contribution in [0.3, 0.4) is 0 Å².